The highest BCUT2D eigenvalue weighted by Gasteiger charge is 2.29. The second kappa shape index (κ2) is 11.6. The fourth-order valence-electron chi connectivity index (χ4n) is 4.46. The number of ether oxygens (including phenoxy) is 2. The molecule has 3 aromatic rings. The molecule has 2 aromatic heterocycles. The van der Waals surface area contributed by atoms with Gasteiger partial charge in [-0.3, -0.25) is 4.98 Å². The summed E-state index contributed by atoms with van der Waals surface area (Å²) in [6, 6.07) is 8.72. The number of hydrogen-bond donors (Lipinski definition) is 3. The number of carbonyl (C=O) groups is 1. The molecule has 1 aromatic carbocycles. The number of hydrogen-bond acceptors (Lipinski definition) is 10. The Balaban J connectivity index is 1.27. The molecular formula is C29H32N6O5. The summed E-state index contributed by atoms with van der Waals surface area (Å²) >= 11 is 0. The Morgan fingerprint density at radius 2 is 2.05 bits per heavy atom. The van der Waals surface area contributed by atoms with Gasteiger partial charge >= 0.3 is 5.97 Å². The molecule has 0 bridgehead atoms. The number of aliphatic carboxylic acids is 1. The number of carboxylic acid groups (broad SMARTS) is 1. The minimum absolute atomic E-state index is 0.0581. The Morgan fingerprint density at radius 3 is 2.88 bits per heavy atom. The fourth-order valence-corrected chi connectivity index (χ4v) is 4.46. The normalized spacial score (nSPS) is 17.4. The molecule has 1 unspecified atom stereocenters. The minimum atomic E-state index is -1.38. The third-order valence-corrected chi connectivity index (χ3v) is 6.61. The average molecular weight is 545 g/mol. The number of carboxylic acids is 1. The molecule has 3 heterocycles. The third-order valence-electron chi connectivity index (χ3n) is 6.61. The van der Waals surface area contributed by atoms with E-state index in [1.807, 2.05) is 18.2 Å². The smallest absolute Gasteiger partial charge is 0.347 e. The molecular weight excluding hydrogens is 512 g/mol. The number of nitrogens with zero attached hydrogens (tertiary/aromatic N) is 5. The Morgan fingerprint density at radius 1 is 1.18 bits per heavy atom. The summed E-state index contributed by atoms with van der Waals surface area (Å²) in [6.07, 6.45) is 12.0. The van der Waals surface area contributed by atoms with Crippen molar-refractivity contribution in [3.8, 4) is 17.1 Å². The highest BCUT2D eigenvalue weighted by atomic mass is 16.5. The van der Waals surface area contributed by atoms with Crippen LogP contribution in [0.25, 0.3) is 11.4 Å². The molecule has 1 aliphatic carbocycles. The summed E-state index contributed by atoms with van der Waals surface area (Å²) in [6.45, 7) is 4.45. The van der Waals surface area contributed by atoms with E-state index < -0.39 is 11.6 Å². The van der Waals surface area contributed by atoms with Gasteiger partial charge in [0.05, 0.1) is 18.9 Å². The molecule has 0 amide bonds. The topological polar surface area (TPSA) is 143 Å². The molecule has 0 saturated carbocycles. The van der Waals surface area contributed by atoms with Gasteiger partial charge in [-0.25, -0.2) is 19.7 Å². The van der Waals surface area contributed by atoms with Gasteiger partial charge in [-0.1, -0.05) is 18.2 Å². The first-order valence-electron chi connectivity index (χ1n) is 13.2. The van der Waals surface area contributed by atoms with Gasteiger partial charge in [-0.05, 0) is 57.4 Å². The molecule has 11 heteroatoms. The molecule has 1 saturated heterocycles. The Labute approximate surface area is 232 Å². The molecule has 1 fully saturated rings. The predicted molar refractivity (Wildman–Crippen MR) is 149 cm³/mol. The molecule has 1 atom stereocenters. The van der Waals surface area contributed by atoms with Crippen LogP contribution in [0.2, 0.25) is 0 Å². The molecule has 208 valence electrons. The number of benzene rings is 1. The molecule has 40 heavy (non-hydrogen) atoms. The van der Waals surface area contributed by atoms with Crippen molar-refractivity contribution < 1.29 is 24.5 Å². The standard InChI is InChI=1S/C29H32N6O5/c1-29(2,28(37)38)40-20-8-5-7-19(15-20)27-31-13-12-24(34-27)32-25-16-30-17-26(33-25)35-14-6-9-21(18-35)39-23-11-4-3-10-22(23)36/h4-5,7-8,11-13,15-17,21,36H,3,6,9-10,14,18H2,1-2H3,(H,37,38)(H,31,32,33,34). The van der Waals surface area contributed by atoms with E-state index in [4.69, 9.17) is 14.5 Å². The van der Waals surface area contributed by atoms with Crippen LogP contribution in [0.3, 0.4) is 0 Å². The molecule has 11 nitrogen and oxygen atoms in total. The zero-order valence-electron chi connectivity index (χ0n) is 22.4. The van der Waals surface area contributed by atoms with Crippen molar-refractivity contribution in [1.82, 2.24) is 19.9 Å². The second-order valence-electron chi connectivity index (χ2n) is 10.2. The maximum atomic E-state index is 11.4. The Bertz CT molecular complexity index is 1440. The van der Waals surface area contributed by atoms with Crippen LogP contribution in [-0.4, -0.2) is 60.9 Å². The summed E-state index contributed by atoms with van der Waals surface area (Å²) in [7, 11) is 0. The molecule has 1 aliphatic heterocycles. The van der Waals surface area contributed by atoms with Crippen molar-refractivity contribution in [2.45, 2.75) is 51.2 Å². The number of allylic oxidation sites excluding steroid dienone is 3. The van der Waals surface area contributed by atoms with Gasteiger partial charge < -0.3 is 29.9 Å². The highest BCUT2D eigenvalue weighted by Crippen LogP contribution is 2.27. The first kappa shape index (κ1) is 26.9. The maximum Gasteiger partial charge on any atom is 0.347 e. The monoisotopic (exact) mass is 544 g/mol. The largest absolute Gasteiger partial charge is 0.508 e. The van der Waals surface area contributed by atoms with E-state index in [0.717, 1.165) is 31.6 Å². The van der Waals surface area contributed by atoms with E-state index in [-0.39, 0.29) is 6.10 Å². The zero-order chi connectivity index (χ0) is 28.1. The van der Waals surface area contributed by atoms with Crippen LogP contribution in [0.1, 0.15) is 39.5 Å². The summed E-state index contributed by atoms with van der Waals surface area (Å²) < 4.78 is 11.8. The molecule has 2 aliphatic rings. The number of aromatic nitrogens is 4. The number of anilines is 3. The van der Waals surface area contributed by atoms with Crippen molar-refractivity contribution in [2.24, 2.45) is 0 Å². The van der Waals surface area contributed by atoms with E-state index in [1.54, 1.807) is 42.9 Å². The lowest BCUT2D eigenvalue weighted by Gasteiger charge is -2.34. The Kier molecular flexibility index (Phi) is 7.81. The van der Waals surface area contributed by atoms with Gasteiger partial charge in [-0.15, -0.1) is 0 Å². The van der Waals surface area contributed by atoms with Crippen molar-refractivity contribution in [3.05, 3.63) is 72.6 Å². The van der Waals surface area contributed by atoms with Crippen molar-refractivity contribution in [3.63, 3.8) is 0 Å². The van der Waals surface area contributed by atoms with Gasteiger partial charge in [0.2, 0.25) is 0 Å². The van der Waals surface area contributed by atoms with E-state index in [0.29, 0.717) is 53.3 Å². The molecule has 3 N–H and O–H groups in total. The van der Waals surface area contributed by atoms with Crippen LogP contribution < -0.4 is 15.0 Å². The predicted octanol–water partition coefficient (Wildman–Crippen LogP) is 5.02. The first-order chi connectivity index (χ1) is 19.3. The van der Waals surface area contributed by atoms with E-state index in [2.05, 4.69) is 25.2 Å². The lowest BCUT2D eigenvalue weighted by molar-refractivity contribution is -0.152. The van der Waals surface area contributed by atoms with Gasteiger partial charge in [0, 0.05) is 24.7 Å². The number of aliphatic hydroxyl groups is 1. The van der Waals surface area contributed by atoms with Gasteiger partial charge in [0.25, 0.3) is 0 Å². The van der Waals surface area contributed by atoms with Crippen LogP contribution in [0.4, 0.5) is 17.5 Å². The number of aliphatic hydroxyl groups excluding tert-OH is 1. The van der Waals surface area contributed by atoms with Crippen molar-refractivity contribution in [1.29, 1.82) is 0 Å². The Hall–Kier alpha value is -4.67. The van der Waals surface area contributed by atoms with Gasteiger partial charge in [-0.2, -0.15) is 0 Å². The number of piperidine rings is 1. The van der Waals surface area contributed by atoms with E-state index in [1.165, 1.54) is 13.8 Å². The van der Waals surface area contributed by atoms with Crippen LogP contribution in [0.15, 0.2) is 72.6 Å². The number of nitrogens with one attached hydrogen (secondary N) is 1. The maximum absolute atomic E-state index is 11.4. The molecule has 0 spiro atoms. The summed E-state index contributed by atoms with van der Waals surface area (Å²) in [5, 5.41) is 22.7. The summed E-state index contributed by atoms with van der Waals surface area (Å²) in [5.41, 5.74) is -0.700. The van der Waals surface area contributed by atoms with Crippen LogP contribution >= 0.6 is 0 Å². The number of rotatable bonds is 9. The average Bonchev–Trinajstić information content (AvgIpc) is 2.95. The summed E-state index contributed by atoms with van der Waals surface area (Å²) in [5.74, 6) is 2.42. The second-order valence-corrected chi connectivity index (χ2v) is 10.2. The van der Waals surface area contributed by atoms with Crippen LogP contribution in [0.5, 0.6) is 5.75 Å². The first-order valence-corrected chi connectivity index (χ1v) is 13.2. The molecule has 0 radical (unpaired) electrons. The fraction of sp³-hybridized carbons (Fsp3) is 0.345. The van der Waals surface area contributed by atoms with Crippen LogP contribution in [-0.2, 0) is 9.53 Å². The van der Waals surface area contributed by atoms with Crippen LogP contribution in [0, 0.1) is 0 Å². The lowest BCUT2D eigenvalue weighted by Crippen LogP contribution is -2.40. The lowest BCUT2D eigenvalue weighted by atomic mass is 10.1. The SMILES string of the molecule is CC(C)(Oc1cccc(-c2nccc(Nc3cncc(N4CCCC(OC5=C(O)CCC=C5)C4)n3)n2)c1)C(=O)O. The zero-order valence-corrected chi connectivity index (χ0v) is 22.4. The van der Waals surface area contributed by atoms with E-state index >= 15 is 0 Å². The van der Waals surface area contributed by atoms with E-state index in [9.17, 15) is 15.0 Å². The highest BCUT2D eigenvalue weighted by molar-refractivity contribution is 5.77. The summed E-state index contributed by atoms with van der Waals surface area (Å²) in [4.78, 5) is 31.7. The van der Waals surface area contributed by atoms with Crippen molar-refractivity contribution >= 4 is 23.4 Å². The van der Waals surface area contributed by atoms with Gasteiger partial charge in [0.15, 0.2) is 23.0 Å². The third kappa shape index (κ3) is 6.48. The quantitative estimate of drug-likeness (QED) is 0.334. The minimum Gasteiger partial charge on any atom is -0.508 e. The van der Waals surface area contributed by atoms with Gasteiger partial charge in [0.1, 0.15) is 29.2 Å². The molecule has 5 rings (SSSR count). The van der Waals surface area contributed by atoms with Crippen molar-refractivity contribution in [2.75, 3.05) is 23.3 Å².